The van der Waals surface area contributed by atoms with E-state index in [0.717, 1.165) is 0 Å². The van der Waals surface area contributed by atoms with Crippen molar-refractivity contribution in [3.8, 4) is 0 Å². The zero-order valence-electron chi connectivity index (χ0n) is 6.66. The summed E-state index contributed by atoms with van der Waals surface area (Å²) in [6, 6.07) is 0. The van der Waals surface area contributed by atoms with Crippen LogP contribution in [0.4, 0.5) is 0 Å². The minimum atomic E-state index is -0.138. The minimum Gasteiger partial charge on any atom is -0.369 e. The van der Waals surface area contributed by atoms with E-state index in [-0.39, 0.29) is 24.3 Å². The van der Waals surface area contributed by atoms with Crippen molar-refractivity contribution in [1.82, 2.24) is 0 Å². The number of hydrogen-bond acceptors (Lipinski definition) is 4. The summed E-state index contributed by atoms with van der Waals surface area (Å²) in [7, 11) is 0. The lowest BCUT2D eigenvalue weighted by Gasteiger charge is -1.81. The normalized spacial score (nSPS) is 9.54. The van der Waals surface area contributed by atoms with Crippen molar-refractivity contribution in [2.24, 2.45) is 43.3 Å². The molecule has 0 aliphatic carbocycles. The second kappa shape index (κ2) is 8.27. The molecule has 8 N–H and O–H groups in total. The van der Waals surface area contributed by atoms with Gasteiger partial charge in [-0.05, 0) is 0 Å². The molecule has 8 nitrogen and oxygen atoms in total. The topological polar surface area (TPSA) is 154 Å². The van der Waals surface area contributed by atoms with Crippen LogP contribution in [-0.2, 0) is 0 Å². The first kappa shape index (κ1) is 13.7. The van der Waals surface area contributed by atoms with E-state index in [1.165, 1.54) is 12.4 Å². The second-order valence-corrected chi connectivity index (χ2v) is 1.58. The standard InChI is InChI=1S/C4H10N8.ClH/c5-3(6)11-9-1-2-10-12-4(7)8;/h1-2H,(H4,5,6,11)(H4,7,8,12);1H/b9-1+,10-2+;. The molecule has 0 aliphatic heterocycles. The molecular formula is C4H11ClN8. The van der Waals surface area contributed by atoms with Gasteiger partial charge in [0.2, 0.25) is 11.9 Å². The Balaban J connectivity index is 0. The van der Waals surface area contributed by atoms with Gasteiger partial charge in [0.05, 0.1) is 12.4 Å². The molecule has 13 heavy (non-hydrogen) atoms. The molecule has 0 saturated carbocycles. The molecule has 74 valence electrons. The number of halogens is 1. The highest BCUT2D eigenvalue weighted by Crippen LogP contribution is 1.67. The molecule has 0 bridgehead atoms. The van der Waals surface area contributed by atoms with Gasteiger partial charge in [0, 0.05) is 0 Å². The molecule has 0 spiro atoms. The average Bonchev–Trinajstić information content (AvgIpc) is 1.95. The van der Waals surface area contributed by atoms with Crippen LogP contribution in [0, 0.1) is 0 Å². The fraction of sp³-hybridized carbons (Fsp3) is 0. The quantitative estimate of drug-likeness (QED) is 0.238. The first-order valence-corrected chi connectivity index (χ1v) is 2.85. The number of nitrogens with zero attached hydrogens (tertiary/aromatic N) is 4. The van der Waals surface area contributed by atoms with Gasteiger partial charge in [0.25, 0.3) is 0 Å². The van der Waals surface area contributed by atoms with Crippen molar-refractivity contribution in [2.45, 2.75) is 0 Å². The van der Waals surface area contributed by atoms with Crippen LogP contribution >= 0.6 is 12.4 Å². The van der Waals surface area contributed by atoms with Crippen LogP contribution < -0.4 is 22.9 Å². The first-order valence-electron chi connectivity index (χ1n) is 2.85. The Morgan fingerprint density at radius 3 is 1.31 bits per heavy atom. The Hall–Kier alpha value is -1.83. The third-order valence-corrected chi connectivity index (χ3v) is 0.546. The van der Waals surface area contributed by atoms with Crippen LogP contribution in [-0.4, -0.2) is 24.3 Å². The zero-order valence-corrected chi connectivity index (χ0v) is 7.48. The highest BCUT2D eigenvalue weighted by molar-refractivity contribution is 6.16. The van der Waals surface area contributed by atoms with Crippen molar-refractivity contribution in [1.29, 1.82) is 0 Å². The van der Waals surface area contributed by atoms with Crippen molar-refractivity contribution in [2.75, 3.05) is 0 Å². The summed E-state index contributed by atoms with van der Waals surface area (Å²) in [5.74, 6) is -0.275. The fourth-order valence-electron chi connectivity index (χ4n) is 0.260. The molecule has 0 aromatic heterocycles. The summed E-state index contributed by atoms with van der Waals surface area (Å²) in [6.07, 6.45) is 2.46. The molecule has 9 heteroatoms. The second-order valence-electron chi connectivity index (χ2n) is 1.58. The van der Waals surface area contributed by atoms with Gasteiger partial charge in [-0.25, -0.2) is 0 Å². The number of guanidine groups is 2. The van der Waals surface area contributed by atoms with Gasteiger partial charge >= 0.3 is 0 Å². The van der Waals surface area contributed by atoms with Crippen LogP contribution in [0.15, 0.2) is 20.4 Å². The highest BCUT2D eigenvalue weighted by Gasteiger charge is 1.72. The summed E-state index contributed by atoms with van der Waals surface area (Å²) >= 11 is 0. The van der Waals surface area contributed by atoms with Gasteiger partial charge in [-0.1, -0.05) is 0 Å². The summed E-state index contributed by atoms with van der Waals surface area (Å²) in [5, 5.41) is 13.3. The number of rotatable bonds is 3. The SMILES string of the molecule is Cl.NC(N)=N/N=C/C=N/N=C(N)N. The van der Waals surface area contributed by atoms with Gasteiger partial charge in [-0.3, -0.25) is 0 Å². The molecule has 0 amide bonds. The van der Waals surface area contributed by atoms with Crippen LogP contribution in [0.2, 0.25) is 0 Å². The first-order chi connectivity index (χ1) is 5.63. The molecule has 0 saturated heterocycles. The van der Waals surface area contributed by atoms with Crippen LogP contribution in [0.25, 0.3) is 0 Å². The largest absolute Gasteiger partial charge is 0.369 e. The Labute approximate surface area is 80.9 Å². The van der Waals surface area contributed by atoms with Gasteiger partial charge in [0.1, 0.15) is 0 Å². The van der Waals surface area contributed by atoms with E-state index in [4.69, 9.17) is 22.9 Å². The average molecular weight is 207 g/mol. The summed E-state index contributed by atoms with van der Waals surface area (Å²) in [4.78, 5) is 0. The van der Waals surface area contributed by atoms with Gasteiger partial charge < -0.3 is 22.9 Å². The lowest BCUT2D eigenvalue weighted by Crippen LogP contribution is -2.22. The molecular weight excluding hydrogens is 196 g/mol. The third kappa shape index (κ3) is 13.2. The Morgan fingerprint density at radius 1 is 0.769 bits per heavy atom. The van der Waals surface area contributed by atoms with E-state index in [1.54, 1.807) is 0 Å². The smallest absolute Gasteiger partial charge is 0.211 e. The maximum atomic E-state index is 4.96. The number of nitrogens with two attached hydrogens (primary N) is 4. The predicted octanol–water partition coefficient (Wildman–Crippen LogP) is -2.07. The predicted molar refractivity (Wildman–Crippen MR) is 55.9 cm³/mol. The van der Waals surface area contributed by atoms with E-state index in [1.807, 2.05) is 0 Å². The molecule has 0 aromatic rings. The van der Waals surface area contributed by atoms with E-state index < -0.39 is 0 Å². The summed E-state index contributed by atoms with van der Waals surface area (Å²) in [6.45, 7) is 0. The lowest BCUT2D eigenvalue weighted by molar-refractivity contribution is 1.21. The van der Waals surface area contributed by atoms with Crippen LogP contribution in [0.3, 0.4) is 0 Å². The molecule has 0 atom stereocenters. The zero-order chi connectivity index (χ0) is 9.40. The molecule has 0 aromatic carbocycles. The molecule has 0 fully saturated rings. The maximum absolute atomic E-state index is 4.96. The van der Waals surface area contributed by atoms with Gasteiger partial charge in [-0.15, -0.1) is 22.6 Å². The van der Waals surface area contributed by atoms with Gasteiger partial charge in [-0.2, -0.15) is 10.2 Å². The summed E-state index contributed by atoms with van der Waals surface area (Å²) < 4.78 is 0. The molecule has 0 aliphatic rings. The highest BCUT2D eigenvalue weighted by atomic mass is 35.5. The lowest BCUT2D eigenvalue weighted by atomic mass is 10.8. The third-order valence-electron chi connectivity index (χ3n) is 0.546. The van der Waals surface area contributed by atoms with E-state index in [0.29, 0.717) is 0 Å². The van der Waals surface area contributed by atoms with Crippen LogP contribution in [0.5, 0.6) is 0 Å². The van der Waals surface area contributed by atoms with E-state index >= 15 is 0 Å². The monoisotopic (exact) mass is 206 g/mol. The van der Waals surface area contributed by atoms with Crippen molar-refractivity contribution in [3.05, 3.63) is 0 Å². The van der Waals surface area contributed by atoms with E-state index in [9.17, 15) is 0 Å². The fourth-order valence-corrected chi connectivity index (χ4v) is 0.260. The maximum Gasteiger partial charge on any atom is 0.211 e. The van der Waals surface area contributed by atoms with Crippen LogP contribution in [0.1, 0.15) is 0 Å². The number of hydrogen-bond donors (Lipinski definition) is 4. The van der Waals surface area contributed by atoms with Crippen molar-refractivity contribution >= 4 is 36.8 Å². The molecule has 0 rings (SSSR count). The van der Waals surface area contributed by atoms with Crippen molar-refractivity contribution < 1.29 is 0 Å². The Morgan fingerprint density at radius 2 is 1.08 bits per heavy atom. The van der Waals surface area contributed by atoms with E-state index in [2.05, 4.69) is 20.4 Å². The summed E-state index contributed by atoms with van der Waals surface area (Å²) in [5.41, 5.74) is 19.8. The molecule has 0 heterocycles. The molecule has 0 unspecified atom stereocenters. The Bertz CT molecular complexity index is 207. The minimum absolute atomic E-state index is 0. The Kier molecular flexibility index (Phi) is 8.74. The van der Waals surface area contributed by atoms with Gasteiger partial charge in [0.15, 0.2) is 0 Å². The van der Waals surface area contributed by atoms with Crippen molar-refractivity contribution in [3.63, 3.8) is 0 Å². The molecule has 0 radical (unpaired) electrons.